The monoisotopic (exact) mass is 249 g/mol. The molecule has 0 radical (unpaired) electrons. The van der Waals surface area contributed by atoms with E-state index in [9.17, 15) is 4.79 Å². The fourth-order valence-electron chi connectivity index (χ4n) is 2.25. The molecule has 2 aliphatic heterocycles. The first-order valence-corrected chi connectivity index (χ1v) is 6.91. The van der Waals surface area contributed by atoms with Crippen molar-refractivity contribution in [1.82, 2.24) is 5.06 Å². The standard InChI is InChI=1S/C13H15NO2S/c15-13(14-7-3-4-8-16-14)12-9-10-5-1-2-6-11(10)17-12/h1-2,5-6,12H,3-4,7-9H2. The Balaban J connectivity index is 1.69. The van der Waals surface area contributed by atoms with Crippen LogP contribution in [0.5, 0.6) is 0 Å². The fraction of sp³-hybridized carbons (Fsp3) is 0.462. The van der Waals surface area contributed by atoms with Crippen molar-refractivity contribution < 1.29 is 9.63 Å². The van der Waals surface area contributed by atoms with Crippen LogP contribution in [0.1, 0.15) is 18.4 Å². The summed E-state index contributed by atoms with van der Waals surface area (Å²) >= 11 is 1.67. The average Bonchev–Trinajstić information content (AvgIpc) is 2.82. The zero-order valence-electron chi connectivity index (χ0n) is 9.59. The van der Waals surface area contributed by atoms with Crippen LogP contribution in [0.3, 0.4) is 0 Å². The zero-order chi connectivity index (χ0) is 11.7. The van der Waals surface area contributed by atoms with E-state index in [0.29, 0.717) is 6.61 Å². The van der Waals surface area contributed by atoms with E-state index in [2.05, 4.69) is 12.1 Å². The number of nitrogens with zero attached hydrogens (tertiary/aromatic N) is 1. The summed E-state index contributed by atoms with van der Waals surface area (Å²) in [6.07, 6.45) is 2.94. The van der Waals surface area contributed by atoms with E-state index in [1.54, 1.807) is 16.8 Å². The molecule has 0 saturated carbocycles. The molecular weight excluding hydrogens is 234 g/mol. The smallest absolute Gasteiger partial charge is 0.259 e. The van der Waals surface area contributed by atoms with E-state index >= 15 is 0 Å². The molecule has 17 heavy (non-hydrogen) atoms. The quantitative estimate of drug-likeness (QED) is 0.764. The minimum absolute atomic E-state index is 0.00509. The third-order valence-electron chi connectivity index (χ3n) is 3.17. The highest BCUT2D eigenvalue weighted by Crippen LogP contribution is 2.37. The van der Waals surface area contributed by atoms with Crippen LogP contribution in [0.4, 0.5) is 0 Å². The van der Waals surface area contributed by atoms with Gasteiger partial charge in [0.25, 0.3) is 5.91 Å². The van der Waals surface area contributed by atoms with Crippen molar-refractivity contribution in [3.05, 3.63) is 29.8 Å². The van der Waals surface area contributed by atoms with E-state index in [1.807, 2.05) is 12.1 Å². The van der Waals surface area contributed by atoms with Crippen LogP contribution in [-0.4, -0.2) is 29.4 Å². The molecule has 0 N–H and O–H groups in total. The summed E-state index contributed by atoms with van der Waals surface area (Å²) < 4.78 is 0. The van der Waals surface area contributed by atoms with Crippen molar-refractivity contribution in [2.45, 2.75) is 29.4 Å². The lowest BCUT2D eigenvalue weighted by atomic mass is 10.1. The number of hydroxylamine groups is 2. The number of hydrogen-bond donors (Lipinski definition) is 0. The number of rotatable bonds is 1. The summed E-state index contributed by atoms with van der Waals surface area (Å²) in [7, 11) is 0. The van der Waals surface area contributed by atoms with Crippen molar-refractivity contribution in [1.29, 1.82) is 0 Å². The molecule has 1 saturated heterocycles. The highest BCUT2D eigenvalue weighted by molar-refractivity contribution is 8.01. The van der Waals surface area contributed by atoms with E-state index < -0.39 is 0 Å². The van der Waals surface area contributed by atoms with Crippen molar-refractivity contribution >= 4 is 17.7 Å². The maximum Gasteiger partial charge on any atom is 0.259 e. The van der Waals surface area contributed by atoms with Gasteiger partial charge in [0.2, 0.25) is 0 Å². The van der Waals surface area contributed by atoms with Gasteiger partial charge in [0.15, 0.2) is 0 Å². The van der Waals surface area contributed by atoms with E-state index in [1.165, 1.54) is 10.5 Å². The summed E-state index contributed by atoms with van der Waals surface area (Å²) in [6, 6.07) is 8.25. The number of thioether (sulfide) groups is 1. The summed E-state index contributed by atoms with van der Waals surface area (Å²) in [5.74, 6) is 0.130. The van der Waals surface area contributed by atoms with Gasteiger partial charge >= 0.3 is 0 Å². The lowest BCUT2D eigenvalue weighted by molar-refractivity contribution is -0.196. The molecule has 1 atom stereocenters. The number of carbonyl (C=O) groups is 1. The number of carbonyl (C=O) groups excluding carboxylic acids is 1. The molecule has 90 valence electrons. The van der Waals surface area contributed by atoms with Crippen LogP contribution >= 0.6 is 11.8 Å². The van der Waals surface area contributed by atoms with Gasteiger partial charge in [0, 0.05) is 11.4 Å². The lowest BCUT2D eigenvalue weighted by Gasteiger charge is -2.27. The highest BCUT2D eigenvalue weighted by Gasteiger charge is 2.32. The van der Waals surface area contributed by atoms with Crippen LogP contribution in [0.2, 0.25) is 0 Å². The fourth-order valence-corrected chi connectivity index (χ4v) is 3.50. The van der Waals surface area contributed by atoms with Gasteiger partial charge in [-0.3, -0.25) is 9.63 Å². The topological polar surface area (TPSA) is 29.5 Å². The second-order valence-corrected chi connectivity index (χ2v) is 5.64. The van der Waals surface area contributed by atoms with E-state index in [-0.39, 0.29) is 11.2 Å². The molecule has 3 rings (SSSR count). The number of hydrogen-bond acceptors (Lipinski definition) is 3. The maximum atomic E-state index is 12.2. The molecule has 4 heteroatoms. The normalized spacial score (nSPS) is 23.5. The third kappa shape index (κ3) is 2.19. The zero-order valence-corrected chi connectivity index (χ0v) is 10.4. The van der Waals surface area contributed by atoms with Gasteiger partial charge in [-0.1, -0.05) is 18.2 Å². The van der Waals surface area contributed by atoms with Gasteiger partial charge in [-0.15, -0.1) is 11.8 Å². The molecule has 1 fully saturated rings. The van der Waals surface area contributed by atoms with Crippen molar-refractivity contribution in [3.8, 4) is 0 Å². The molecule has 0 spiro atoms. The summed E-state index contributed by atoms with van der Waals surface area (Å²) in [6.45, 7) is 1.42. The largest absolute Gasteiger partial charge is 0.271 e. The Bertz CT molecular complexity index is 404. The molecule has 0 aromatic heterocycles. The average molecular weight is 249 g/mol. The second-order valence-electron chi connectivity index (χ2n) is 4.40. The van der Waals surface area contributed by atoms with Gasteiger partial charge in [-0.25, -0.2) is 5.06 Å². The summed E-state index contributed by atoms with van der Waals surface area (Å²) in [4.78, 5) is 18.9. The van der Waals surface area contributed by atoms with Gasteiger partial charge in [-0.05, 0) is 30.9 Å². The second kappa shape index (κ2) is 4.70. The number of benzene rings is 1. The number of fused-ring (bicyclic) bond motifs is 1. The Kier molecular flexibility index (Phi) is 3.07. The van der Waals surface area contributed by atoms with Gasteiger partial charge in [0.1, 0.15) is 0 Å². The van der Waals surface area contributed by atoms with Crippen LogP contribution in [0.15, 0.2) is 29.2 Å². The van der Waals surface area contributed by atoms with Gasteiger partial charge in [-0.2, -0.15) is 0 Å². The predicted molar refractivity (Wildman–Crippen MR) is 66.7 cm³/mol. The van der Waals surface area contributed by atoms with Crippen LogP contribution in [0, 0.1) is 0 Å². The minimum atomic E-state index is 0.00509. The molecule has 1 aromatic rings. The van der Waals surface area contributed by atoms with E-state index in [0.717, 1.165) is 25.8 Å². The Labute approximate surface area is 105 Å². The molecule has 3 nitrogen and oxygen atoms in total. The lowest BCUT2D eigenvalue weighted by Crippen LogP contribution is -2.40. The Hall–Kier alpha value is -1.00. The van der Waals surface area contributed by atoms with Crippen LogP contribution in [-0.2, 0) is 16.1 Å². The highest BCUT2D eigenvalue weighted by atomic mass is 32.2. The first-order chi connectivity index (χ1) is 8.34. The molecule has 1 aromatic carbocycles. The third-order valence-corrected chi connectivity index (χ3v) is 4.48. The van der Waals surface area contributed by atoms with Crippen molar-refractivity contribution in [2.75, 3.05) is 13.2 Å². The Morgan fingerprint density at radius 3 is 3.00 bits per heavy atom. The van der Waals surface area contributed by atoms with E-state index in [4.69, 9.17) is 4.84 Å². The molecule has 1 unspecified atom stereocenters. The summed E-state index contributed by atoms with van der Waals surface area (Å²) in [5.41, 5.74) is 1.29. The predicted octanol–water partition coefficient (Wildman–Crippen LogP) is 2.26. The summed E-state index contributed by atoms with van der Waals surface area (Å²) in [5, 5.41) is 1.57. The minimum Gasteiger partial charge on any atom is -0.271 e. The first-order valence-electron chi connectivity index (χ1n) is 6.03. The van der Waals surface area contributed by atoms with Crippen LogP contribution < -0.4 is 0 Å². The van der Waals surface area contributed by atoms with Gasteiger partial charge in [0.05, 0.1) is 11.9 Å². The molecule has 0 bridgehead atoms. The first kappa shape index (κ1) is 11.1. The van der Waals surface area contributed by atoms with Crippen molar-refractivity contribution in [2.24, 2.45) is 0 Å². The molecule has 2 aliphatic rings. The van der Waals surface area contributed by atoms with Crippen molar-refractivity contribution in [3.63, 3.8) is 0 Å². The Morgan fingerprint density at radius 2 is 2.24 bits per heavy atom. The number of amides is 1. The molecule has 2 heterocycles. The SMILES string of the molecule is O=C(C1Cc2ccccc2S1)N1CCCCO1. The maximum absolute atomic E-state index is 12.2. The molecule has 1 amide bonds. The van der Waals surface area contributed by atoms with Crippen LogP contribution in [0.25, 0.3) is 0 Å². The Morgan fingerprint density at radius 1 is 1.35 bits per heavy atom. The molecular formula is C13H15NO2S. The van der Waals surface area contributed by atoms with Gasteiger partial charge < -0.3 is 0 Å². The molecule has 0 aliphatic carbocycles.